The number of ether oxygens (including phenoxy) is 4. The van der Waals surface area contributed by atoms with Crippen LogP contribution in [0.1, 0.15) is 472 Å². The third-order valence-electron chi connectivity index (χ3n) is 21.1. The first-order chi connectivity index (χ1) is 51.9. The van der Waals surface area contributed by atoms with E-state index in [-0.39, 0.29) is 25.7 Å². The number of aliphatic hydroxyl groups excluding tert-OH is 1. The highest BCUT2D eigenvalue weighted by atomic mass is 31.2. The normalized spacial score (nSPS) is 14.0. The number of carbonyl (C=O) groups is 4. The van der Waals surface area contributed by atoms with E-state index in [0.29, 0.717) is 25.7 Å². The summed E-state index contributed by atoms with van der Waals surface area (Å²) >= 11 is 0. The molecule has 0 aliphatic rings. The second-order valence-electron chi connectivity index (χ2n) is 32.4. The van der Waals surface area contributed by atoms with Crippen LogP contribution >= 0.6 is 15.6 Å². The van der Waals surface area contributed by atoms with Crippen molar-refractivity contribution in [1.29, 1.82) is 0 Å². The number of aliphatic hydroxyl groups is 1. The molecular formula is C88H172O17P2. The number of hydrogen-bond acceptors (Lipinski definition) is 15. The molecule has 0 saturated carbocycles. The summed E-state index contributed by atoms with van der Waals surface area (Å²) in [5.41, 5.74) is 0. The molecule has 0 amide bonds. The number of carbonyl (C=O) groups excluding carboxylic acids is 4. The Labute approximate surface area is 658 Å². The van der Waals surface area contributed by atoms with E-state index in [4.69, 9.17) is 37.0 Å². The fourth-order valence-electron chi connectivity index (χ4n) is 13.7. The number of phosphoric ester groups is 2. The van der Waals surface area contributed by atoms with Gasteiger partial charge in [0.25, 0.3) is 0 Å². The maximum absolute atomic E-state index is 13.2. The van der Waals surface area contributed by atoms with Gasteiger partial charge < -0.3 is 33.8 Å². The molecule has 636 valence electrons. The lowest BCUT2D eigenvalue weighted by Gasteiger charge is -2.21. The van der Waals surface area contributed by atoms with Crippen molar-refractivity contribution in [3.8, 4) is 0 Å². The predicted octanol–water partition coefficient (Wildman–Crippen LogP) is 27.0. The van der Waals surface area contributed by atoms with E-state index in [0.717, 1.165) is 102 Å². The van der Waals surface area contributed by atoms with Crippen LogP contribution in [0.2, 0.25) is 0 Å². The Morgan fingerprint density at radius 2 is 0.477 bits per heavy atom. The molecule has 0 aromatic carbocycles. The van der Waals surface area contributed by atoms with Gasteiger partial charge in [0.2, 0.25) is 0 Å². The molecule has 0 bridgehead atoms. The zero-order valence-corrected chi connectivity index (χ0v) is 72.2. The molecule has 0 aliphatic heterocycles. The number of phosphoric acid groups is 2. The standard InChI is InChI=1S/C88H172O17P2/c1-7-10-12-14-16-18-20-22-24-26-27-28-29-31-33-39-43-47-55-61-67-72-87(92)104-83(76-98-85(90)70-64-58-52-45-41-37-35-34-36-40-44-51-57-63-69-81(6)9-3)78-102-106(94,95)100-74-82(89)75-101-107(96,97)103-79-84(77-99-86(91)71-65-59-53-49-48-50-56-62-68-80(4)5)105-88(93)73-66-60-54-46-42-38-32-30-25-23-21-19-17-15-13-11-8-2/h80-84,89H,7-79H2,1-6H3,(H,94,95)(H,96,97)/t81?,82-,83-,84-/m1/s1. The maximum Gasteiger partial charge on any atom is 0.472 e. The van der Waals surface area contributed by atoms with Crippen LogP contribution in [0.5, 0.6) is 0 Å². The summed E-state index contributed by atoms with van der Waals surface area (Å²) in [4.78, 5) is 73.3. The van der Waals surface area contributed by atoms with Gasteiger partial charge in [-0.05, 0) is 37.5 Å². The van der Waals surface area contributed by atoms with E-state index >= 15 is 0 Å². The summed E-state index contributed by atoms with van der Waals surface area (Å²) in [6.07, 6.45) is 72.2. The summed E-state index contributed by atoms with van der Waals surface area (Å²) < 4.78 is 69.0. The predicted molar refractivity (Wildman–Crippen MR) is 442 cm³/mol. The average Bonchev–Trinajstić information content (AvgIpc) is 0.910. The van der Waals surface area contributed by atoms with Gasteiger partial charge in [0, 0.05) is 25.7 Å². The van der Waals surface area contributed by atoms with Gasteiger partial charge in [-0.1, -0.05) is 420 Å². The average molecular weight is 1560 g/mol. The first-order valence-electron chi connectivity index (χ1n) is 45.5. The highest BCUT2D eigenvalue weighted by molar-refractivity contribution is 7.47. The monoisotopic (exact) mass is 1560 g/mol. The van der Waals surface area contributed by atoms with Gasteiger partial charge in [0.15, 0.2) is 12.2 Å². The van der Waals surface area contributed by atoms with Gasteiger partial charge >= 0.3 is 39.5 Å². The molecule has 0 aromatic rings. The fraction of sp³-hybridized carbons (Fsp3) is 0.955. The van der Waals surface area contributed by atoms with Crippen molar-refractivity contribution in [1.82, 2.24) is 0 Å². The summed E-state index contributed by atoms with van der Waals surface area (Å²) in [6.45, 7) is 9.71. The minimum Gasteiger partial charge on any atom is -0.462 e. The highest BCUT2D eigenvalue weighted by Gasteiger charge is 2.31. The lowest BCUT2D eigenvalue weighted by atomic mass is 9.99. The molecule has 19 heteroatoms. The number of rotatable bonds is 87. The second kappa shape index (κ2) is 79.3. The van der Waals surface area contributed by atoms with Crippen molar-refractivity contribution in [3.63, 3.8) is 0 Å². The van der Waals surface area contributed by atoms with Gasteiger partial charge in [-0.25, -0.2) is 9.13 Å². The van der Waals surface area contributed by atoms with Crippen molar-refractivity contribution in [2.45, 2.75) is 490 Å². The number of hydrogen-bond donors (Lipinski definition) is 3. The molecule has 0 saturated heterocycles. The molecule has 0 rings (SSSR count). The van der Waals surface area contributed by atoms with Gasteiger partial charge in [0.05, 0.1) is 26.4 Å². The van der Waals surface area contributed by atoms with Crippen LogP contribution < -0.4 is 0 Å². The first kappa shape index (κ1) is 105. The van der Waals surface area contributed by atoms with Crippen molar-refractivity contribution >= 4 is 39.5 Å². The quantitative estimate of drug-likeness (QED) is 0.0222. The minimum absolute atomic E-state index is 0.108. The first-order valence-corrected chi connectivity index (χ1v) is 48.5. The Morgan fingerprint density at radius 3 is 0.710 bits per heavy atom. The largest absolute Gasteiger partial charge is 0.472 e. The molecule has 0 radical (unpaired) electrons. The van der Waals surface area contributed by atoms with Crippen molar-refractivity contribution in [2.75, 3.05) is 39.6 Å². The van der Waals surface area contributed by atoms with Crippen LogP contribution in [0.3, 0.4) is 0 Å². The fourth-order valence-corrected chi connectivity index (χ4v) is 15.3. The van der Waals surface area contributed by atoms with Crippen LogP contribution in [-0.4, -0.2) is 96.7 Å². The van der Waals surface area contributed by atoms with Gasteiger partial charge in [-0.15, -0.1) is 0 Å². The molecule has 0 fully saturated rings. The SMILES string of the molecule is CCCCCCCCCCCCCCCCCCCCCCCC(=O)O[C@H](COC(=O)CCCCCCCCCCCCCCCCC(C)CC)COP(=O)(O)OC[C@@H](O)COP(=O)(O)OC[C@@H](COC(=O)CCCCCCCCCCC(C)C)OC(=O)CCCCCCCCCCCCCCCCCCC. The van der Waals surface area contributed by atoms with Gasteiger partial charge in [-0.3, -0.25) is 37.3 Å². The van der Waals surface area contributed by atoms with Crippen molar-refractivity contribution in [2.24, 2.45) is 11.8 Å². The Morgan fingerprint density at radius 1 is 0.271 bits per heavy atom. The summed E-state index contributed by atoms with van der Waals surface area (Å²) in [5.74, 6) is -0.524. The van der Waals surface area contributed by atoms with Crippen LogP contribution in [-0.2, 0) is 65.4 Å². The van der Waals surface area contributed by atoms with Crippen molar-refractivity contribution < 1.29 is 80.2 Å². The van der Waals surface area contributed by atoms with Crippen LogP contribution in [0.15, 0.2) is 0 Å². The van der Waals surface area contributed by atoms with E-state index in [9.17, 15) is 43.2 Å². The zero-order chi connectivity index (χ0) is 78.5. The Kier molecular flexibility index (Phi) is 77.9. The smallest absolute Gasteiger partial charge is 0.462 e. The maximum atomic E-state index is 13.2. The molecule has 17 nitrogen and oxygen atoms in total. The molecule has 6 atom stereocenters. The molecule has 0 aliphatic carbocycles. The Bertz CT molecular complexity index is 2050. The Hall–Kier alpha value is -1.94. The summed E-state index contributed by atoms with van der Waals surface area (Å²) in [7, 11) is -9.93. The van der Waals surface area contributed by atoms with Crippen LogP contribution in [0.25, 0.3) is 0 Å². The molecule has 107 heavy (non-hydrogen) atoms. The molecular weight excluding hydrogens is 1390 g/mol. The number of unbranched alkanes of at least 4 members (excludes halogenated alkanes) is 56. The molecule has 0 aromatic heterocycles. The Balaban J connectivity index is 5.24. The summed E-state index contributed by atoms with van der Waals surface area (Å²) in [5, 5.41) is 10.7. The van der Waals surface area contributed by atoms with Crippen LogP contribution in [0, 0.1) is 11.8 Å². The van der Waals surface area contributed by atoms with E-state index < -0.39 is 97.5 Å². The molecule has 0 spiro atoms. The molecule has 0 heterocycles. The van der Waals surface area contributed by atoms with Gasteiger partial charge in [-0.2, -0.15) is 0 Å². The zero-order valence-electron chi connectivity index (χ0n) is 70.5. The third kappa shape index (κ3) is 80.5. The lowest BCUT2D eigenvalue weighted by molar-refractivity contribution is -0.161. The topological polar surface area (TPSA) is 237 Å². The van der Waals surface area contributed by atoms with Crippen LogP contribution in [0.4, 0.5) is 0 Å². The van der Waals surface area contributed by atoms with E-state index in [1.807, 2.05) is 0 Å². The summed E-state index contributed by atoms with van der Waals surface area (Å²) in [6, 6.07) is 0. The molecule has 3 N–H and O–H groups in total. The van der Waals surface area contributed by atoms with Crippen molar-refractivity contribution in [3.05, 3.63) is 0 Å². The van der Waals surface area contributed by atoms with E-state index in [1.165, 1.54) is 289 Å². The minimum atomic E-state index is -4.97. The molecule has 3 unspecified atom stereocenters. The highest BCUT2D eigenvalue weighted by Crippen LogP contribution is 2.45. The lowest BCUT2D eigenvalue weighted by Crippen LogP contribution is -2.30. The third-order valence-corrected chi connectivity index (χ3v) is 23.0. The number of esters is 4. The van der Waals surface area contributed by atoms with E-state index in [2.05, 4.69) is 41.5 Å². The van der Waals surface area contributed by atoms with E-state index in [1.54, 1.807) is 0 Å². The van der Waals surface area contributed by atoms with Gasteiger partial charge in [0.1, 0.15) is 19.3 Å². The second-order valence-corrected chi connectivity index (χ2v) is 35.3.